The maximum absolute atomic E-state index is 11.8. The van der Waals surface area contributed by atoms with E-state index in [2.05, 4.69) is 10.6 Å². The minimum atomic E-state index is -0.188. The summed E-state index contributed by atoms with van der Waals surface area (Å²) in [5.41, 5.74) is 1.82. The molecule has 0 radical (unpaired) electrons. The van der Waals surface area contributed by atoms with Crippen LogP contribution in [0.5, 0.6) is 0 Å². The number of rotatable bonds is 5. The van der Waals surface area contributed by atoms with Gasteiger partial charge in [-0.1, -0.05) is 0 Å². The van der Waals surface area contributed by atoms with Crippen molar-refractivity contribution in [3.05, 3.63) is 54.5 Å². The van der Waals surface area contributed by atoms with Gasteiger partial charge >= 0.3 is 0 Å². The Morgan fingerprint density at radius 3 is 2.52 bits per heavy atom. The lowest BCUT2D eigenvalue weighted by atomic mass is 10.1. The molecule has 2 heterocycles. The third kappa shape index (κ3) is 4.72. The van der Waals surface area contributed by atoms with Gasteiger partial charge in [0.15, 0.2) is 0 Å². The van der Waals surface area contributed by atoms with E-state index in [0.717, 1.165) is 37.4 Å². The van der Waals surface area contributed by atoms with Gasteiger partial charge in [-0.2, -0.15) is 0 Å². The van der Waals surface area contributed by atoms with Crippen LogP contribution in [0.1, 0.15) is 18.6 Å². The minimum Gasteiger partial charge on any atom is -0.465 e. The van der Waals surface area contributed by atoms with Crippen molar-refractivity contribution in [3.8, 4) is 0 Å². The summed E-state index contributed by atoms with van der Waals surface area (Å²) in [6, 6.07) is 11.8. The molecule has 0 unspecified atom stereocenters. The Morgan fingerprint density at radius 1 is 1.09 bits per heavy atom. The van der Waals surface area contributed by atoms with E-state index in [-0.39, 0.29) is 5.91 Å². The van der Waals surface area contributed by atoms with Crippen molar-refractivity contribution in [1.29, 1.82) is 0 Å². The monoisotopic (exact) mass is 312 g/mol. The smallest absolute Gasteiger partial charge is 0.248 e. The van der Waals surface area contributed by atoms with Crippen LogP contribution in [0.15, 0.2) is 53.2 Å². The lowest BCUT2D eigenvalue weighted by Gasteiger charge is -2.24. The Balaban J connectivity index is 1.51. The summed E-state index contributed by atoms with van der Waals surface area (Å²) in [5, 5.41) is 6.31. The highest BCUT2D eigenvalue weighted by Gasteiger charge is 2.13. The SMILES string of the molecule is O=C(/C=C\c1ccco1)Nc1ccc(NC2CCOCC2)cc1. The molecule has 120 valence electrons. The Labute approximate surface area is 135 Å². The number of furan rings is 1. The molecule has 5 nitrogen and oxygen atoms in total. The third-order valence-corrected chi connectivity index (χ3v) is 3.69. The number of nitrogens with one attached hydrogen (secondary N) is 2. The van der Waals surface area contributed by atoms with Crippen LogP contribution in [0, 0.1) is 0 Å². The Hall–Kier alpha value is -2.53. The quantitative estimate of drug-likeness (QED) is 0.829. The minimum absolute atomic E-state index is 0.188. The first-order chi connectivity index (χ1) is 11.3. The second kappa shape index (κ2) is 7.65. The Morgan fingerprint density at radius 2 is 1.83 bits per heavy atom. The highest BCUT2D eigenvalue weighted by Crippen LogP contribution is 2.18. The van der Waals surface area contributed by atoms with Crippen LogP contribution in [0.2, 0.25) is 0 Å². The molecule has 0 saturated carbocycles. The number of amides is 1. The predicted molar refractivity (Wildman–Crippen MR) is 90.3 cm³/mol. The molecule has 1 amide bonds. The molecule has 0 aliphatic carbocycles. The highest BCUT2D eigenvalue weighted by molar-refractivity contribution is 6.01. The van der Waals surface area contributed by atoms with Gasteiger partial charge < -0.3 is 19.8 Å². The first kappa shape index (κ1) is 15.4. The lowest BCUT2D eigenvalue weighted by Crippen LogP contribution is -2.27. The zero-order valence-corrected chi connectivity index (χ0v) is 12.8. The van der Waals surface area contributed by atoms with Crippen LogP contribution < -0.4 is 10.6 Å². The largest absolute Gasteiger partial charge is 0.465 e. The normalized spacial score (nSPS) is 15.7. The number of carbonyl (C=O) groups excluding carboxylic acids is 1. The van der Waals surface area contributed by atoms with Crippen molar-refractivity contribution in [2.24, 2.45) is 0 Å². The zero-order chi connectivity index (χ0) is 15.9. The van der Waals surface area contributed by atoms with Gasteiger partial charge in [0.25, 0.3) is 0 Å². The van der Waals surface area contributed by atoms with E-state index in [4.69, 9.17) is 9.15 Å². The molecule has 5 heteroatoms. The maximum Gasteiger partial charge on any atom is 0.248 e. The molecule has 1 aromatic heterocycles. The zero-order valence-electron chi connectivity index (χ0n) is 12.8. The number of carbonyl (C=O) groups is 1. The molecule has 1 aliphatic heterocycles. The highest BCUT2D eigenvalue weighted by atomic mass is 16.5. The van der Waals surface area contributed by atoms with Crippen molar-refractivity contribution in [2.75, 3.05) is 23.8 Å². The number of anilines is 2. The molecular weight excluding hydrogens is 292 g/mol. The van der Waals surface area contributed by atoms with Gasteiger partial charge in [-0.05, 0) is 55.3 Å². The third-order valence-electron chi connectivity index (χ3n) is 3.69. The van der Waals surface area contributed by atoms with Crippen LogP contribution in [-0.4, -0.2) is 25.2 Å². The summed E-state index contributed by atoms with van der Waals surface area (Å²) in [7, 11) is 0. The van der Waals surface area contributed by atoms with Crippen molar-refractivity contribution >= 4 is 23.4 Å². The number of benzene rings is 1. The molecule has 1 fully saturated rings. The van der Waals surface area contributed by atoms with E-state index in [0.29, 0.717) is 11.8 Å². The first-order valence-corrected chi connectivity index (χ1v) is 7.76. The molecule has 1 aliphatic rings. The van der Waals surface area contributed by atoms with E-state index in [1.54, 1.807) is 24.5 Å². The molecule has 23 heavy (non-hydrogen) atoms. The fraction of sp³-hybridized carbons (Fsp3) is 0.278. The molecule has 1 saturated heterocycles. The van der Waals surface area contributed by atoms with Crippen LogP contribution in [0.3, 0.4) is 0 Å². The fourth-order valence-electron chi connectivity index (χ4n) is 2.46. The van der Waals surface area contributed by atoms with Gasteiger partial charge in [-0.3, -0.25) is 4.79 Å². The van der Waals surface area contributed by atoms with E-state index in [1.165, 1.54) is 6.08 Å². The standard InChI is InChI=1S/C18H20N2O3/c21-18(8-7-17-2-1-11-23-17)20-15-5-3-14(4-6-15)19-16-9-12-22-13-10-16/h1-8,11,16,19H,9-10,12-13H2,(H,20,21)/b8-7-. The molecule has 2 N–H and O–H groups in total. The van der Waals surface area contributed by atoms with Crippen molar-refractivity contribution < 1.29 is 13.9 Å². The number of hydrogen-bond donors (Lipinski definition) is 2. The second-order valence-electron chi connectivity index (χ2n) is 5.45. The Kier molecular flexibility index (Phi) is 5.11. The van der Waals surface area contributed by atoms with Crippen molar-refractivity contribution in [2.45, 2.75) is 18.9 Å². The predicted octanol–water partition coefficient (Wildman–Crippen LogP) is 3.52. The first-order valence-electron chi connectivity index (χ1n) is 7.76. The van der Waals surface area contributed by atoms with Crippen LogP contribution in [-0.2, 0) is 9.53 Å². The van der Waals surface area contributed by atoms with Gasteiger partial charge in [0.1, 0.15) is 5.76 Å². The summed E-state index contributed by atoms with van der Waals surface area (Å²) >= 11 is 0. The molecule has 0 atom stereocenters. The molecular formula is C18H20N2O3. The van der Waals surface area contributed by atoms with Crippen molar-refractivity contribution in [1.82, 2.24) is 0 Å². The fourth-order valence-corrected chi connectivity index (χ4v) is 2.46. The van der Waals surface area contributed by atoms with Crippen LogP contribution >= 0.6 is 0 Å². The van der Waals surface area contributed by atoms with E-state index in [1.807, 2.05) is 24.3 Å². The van der Waals surface area contributed by atoms with Gasteiger partial charge in [0.2, 0.25) is 5.91 Å². The lowest BCUT2D eigenvalue weighted by molar-refractivity contribution is -0.111. The van der Waals surface area contributed by atoms with Gasteiger partial charge in [-0.15, -0.1) is 0 Å². The number of hydrogen-bond acceptors (Lipinski definition) is 4. The van der Waals surface area contributed by atoms with Crippen molar-refractivity contribution in [3.63, 3.8) is 0 Å². The molecule has 2 aromatic rings. The average molecular weight is 312 g/mol. The molecule has 0 spiro atoms. The second-order valence-corrected chi connectivity index (χ2v) is 5.45. The molecule has 3 rings (SSSR count). The maximum atomic E-state index is 11.8. The van der Waals surface area contributed by atoms with Gasteiger partial charge in [0.05, 0.1) is 6.26 Å². The number of ether oxygens (including phenoxy) is 1. The van der Waals surface area contributed by atoms with E-state index >= 15 is 0 Å². The van der Waals surface area contributed by atoms with Gasteiger partial charge in [0, 0.05) is 36.7 Å². The summed E-state index contributed by atoms with van der Waals surface area (Å²) in [6.45, 7) is 1.63. The van der Waals surface area contributed by atoms with Crippen LogP contribution in [0.25, 0.3) is 6.08 Å². The topological polar surface area (TPSA) is 63.5 Å². The molecule has 0 bridgehead atoms. The summed E-state index contributed by atoms with van der Waals surface area (Å²) in [4.78, 5) is 11.8. The van der Waals surface area contributed by atoms with Gasteiger partial charge in [-0.25, -0.2) is 0 Å². The summed E-state index contributed by atoms with van der Waals surface area (Å²) < 4.78 is 10.5. The average Bonchev–Trinajstić information content (AvgIpc) is 3.09. The molecule has 1 aromatic carbocycles. The van der Waals surface area contributed by atoms with E-state index < -0.39 is 0 Å². The van der Waals surface area contributed by atoms with E-state index in [9.17, 15) is 4.79 Å². The van der Waals surface area contributed by atoms with Crippen LogP contribution in [0.4, 0.5) is 11.4 Å². The summed E-state index contributed by atoms with van der Waals surface area (Å²) in [6.07, 6.45) is 6.71. The summed E-state index contributed by atoms with van der Waals surface area (Å²) in [5.74, 6) is 0.461. The Bertz CT molecular complexity index is 641.